The van der Waals surface area contributed by atoms with Crippen LogP contribution in [-0.2, 0) is 0 Å². The monoisotopic (exact) mass is 209 g/mol. The Hall–Kier alpha value is -0.0400. The molecule has 2 fully saturated rings. The average molecular weight is 209 g/mol. The molecule has 0 amide bonds. The first kappa shape index (κ1) is 11.4. The predicted molar refractivity (Wildman–Crippen MR) is 65.8 cm³/mol. The molecule has 0 aromatic rings. The molecule has 0 aliphatic heterocycles. The molecule has 2 rings (SSSR count). The lowest BCUT2D eigenvalue weighted by molar-refractivity contribution is 0.302. The first-order valence-electron chi connectivity index (χ1n) is 6.87. The maximum absolute atomic E-state index is 3.69. The fourth-order valence-electron chi connectivity index (χ4n) is 3.36. The minimum absolute atomic E-state index is 0.817. The van der Waals surface area contributed by atoms with Gasteiger partial charge in [-0.1, -0.05) is 27.2 Å². The van der Waals surface area contributed by atoms with Gasteiger partial charge >= 0.3 is 0 Å². The third-order valence-electron chi connectivity index (χ3n) is 4.90. The van der Waals surface area contributed by atoms with E-state index in [1.165, 1.54) is 32.4 Å². The van der Waals surface area contributed by atoms with Crippen molar-refractivity contribution in [3.63, 3.8) is 0 Å². The van der Waals surface area contributed by atoms with E-state index in [4.69, 9.17) is 0 Å². The summed E-state index contributed by atoms with van der Waals surface area (Å²) in [6.45, 7) is 9.51. The first-order chi connectivity index (χ1) is 7.16. The minimum atomic E-state index is 0.817. The Balaban J connectivity index is 1.62. The molecule has 0 aromatic carbocycles. The number of nitrogens with one attached hydrogen (secondary N) is 1. The smallest absolute Gasteiger partial charge is 0.00176 e. The predicted octanol–water partition coefficient (Wildman–Crippen LogP) is 3.30. The Bertz CT molecular complexity index is 200. The van der Waals surface area contributed by atoms with E-state index in [0.29, 0.717) is 0 Å². The summed E-state index contributed by atoms with van der Waals surface area (Å²) in [4.78, 5) is 0. The van der Waals surface area contributed by atoms with Gasteiger partial charge in [0, 0.05) is 0 Å². The quantitative estimate of drug-likeness (QED) is 0.732. The summed E-state index contributed by atoms with van der Waals surface area (Å²) in [5.74, 6) is 4.84. The van der Waals surface area contributed by atoms with E-state index >= 15 is 0 Å². The number of hydrogen-bond donors (Lipinski definition) is 1. The Morgan fingerprint density at radius 3 is 2.47 bits per heavy atom. The fraction of sp³-hybridized carbons (Fsp3) is 1.00. The number of hydrogen-bond acceptors (Lipinski definition) is 1. The van der Waals surface area contributed by atoms with Gasteiger partial charge in [-0.25, -0.2) is 0 Å². The summed E-state index contributed by atoms with van der Waals surface area (Å²) >= 11 is 0. The van der Waals surface area contributed by atoms with E-state index in [2.05, 4.69) is 26.1 Å². The molecular formula is C14H27N. The van der Waals surface area contributed by atoms with E-state index in [9.17, 15) is 0 Å². The summed E-state index contributed by atoms with van der Waals surface area (Å²) in [5, 5.41) is 3.69. The Kier molecular flexibility index (Phi) is 3.71. The second-order valence-electron chi connectivity index (χ2n) is 6.31. The summed E-state index contributed by atoms with van der Waals surface area (Å²) in [5.41, 5.74) is 0. The molecule has 1 nitrogen and oxygen atoms in total. The highest BCUT2D eigenvalue weighted by atomic mass is 14.9. The maximum atomic E-state index is 3.69. The van der Waals surface area contributed by atoms with E-state index in [0.717, 1.165) is 29.6 Å². The van der Waals surface area contributed by atoms with Crippen LogP contribution in [-0.4, -0.2) is 13.1 Å². The molecule has 4 atom stereocenters. The molecule has 2 saturated carbocycles. The van der Waals surface area contributed by atoms with Crippen molar-refractivity contribution in [1.29, 1.82) is 0 Å². The summed E-state index contributed by atoms with van der Waals surface area (Å²) in [7, 11) is 0. The zero-order chi connectivity index (χ0) is 10.8. The van der Waals surface area contributed by atoms with Crippen LogP contribution in [0.2, 0.25) is 0 Å². The molecule has 2 aliphatic rings. The van der Waals surface area contributed by atoms with Gasteiger partial charge in [0.05, 0.1) is 0 Å². The largest absolute Gasteiger partial charge is 0.316 e. The van der Waals surface area contributed by atoms with Crippen molar-refractivity contribution < 1.29 is 0 Å². The van der Waals surface area contributed by atoms with Crippen LogP contribution in [0.1, 0.15) is 46.5 Å². The van der Waals surface area contributed by atoms with Crippen LogP contribution >= 0.6 is 0 Å². The molecule has 0 heterocycles. The SMILES string of the molecule is CC(C)C(C)CNCC1CC2CCC1C2. The van der Waals surface area contributed by atoms with Gasteiger partial charge < -0.3 is 5.32 Å². The van der Waals surface area contributed by atoms with Gasteiger partial charge in [-0.05, 0) is 61.9 Å². The van der Waals surface area contributed by atoms with Crippen LogP contribution < -0.4 is 5.32 Å². The lowest BCUT2D eigenvalue weighted by Gasteiger charge is -2.23. The van der Waals surface area contributed by atoms with Crippen molar-refractivity contribution in [2.24, 2.45) is 29.6 Å². The highest BCUT2D eigenvalue weighted by Gasteiger charge is 2.38. The third-order valence-corrected chi connectivity index (χ3v) is 4.90. The van der Waals surface area contributed by atoms with Crippen LogP contribution in [0.5, 0.6) is 0 Å². The van der Waals surface area contributed by atoms with E-state index in [-0.39, 0.29) is 0 Å². The van der Waals surface area contributed by atoms with Gasteiger partial charge in [0.2, 0.25) is 0 Å². The highest BCUT2D eigenvalue weighted by Crippen LogP contribution is 2.47. The molecule has 88 valence electrons. The van der Waals surface area contributed by atoms with Gasteiger partial charge in [0.1, 0.15) is 0 Å². The number of fused-ring (bicyclic) bond motifs is 2. The maximum Gasteiger partial charge on any atom is -0.00176 e. The first-order valence-corrected chi connectivity index (χ1v) is 6.87. The molecule has 0 aromatic heterocycles. The van der Waals surface area contributed by atoms with Crippen molar-refractivity contribution in [3.8, 4) is 0 Å². The summed E-state index contributed by atoms with van der Waals surface area (Å²) < 4.78 is 0. The van der Waals surface area contributed by atoms with Crippen molar-refractivity contribution in [2.45, 2.75) is 46.5 Å². The van der Waals surface area contributed by atoms with Gasteiger partial charge in [0.15, 0.2) is 0 Å². The average Bonchev–Trinajstić information content (AvgIpc) is 2.78. The van der Waals surface area contributed by atoms with E-state index in [1.54, 1.807) is 6.42 Å². The molecule has 0 radical (unpaired) electrons. The lowest BCUT2D eigenvalue weighted by atomic mass is 9.88. The normalized spacial score (nSPS) is 36.4. The van der Waals surface area contributed by atoms with Gasteiger partial charge in [0.25, 0.3) is 0 Å². The van der Waals surface area contributed by atoms with Gasteiger partial charge in [-0.15, -0.1) is 0 Å². The van der Waals surface area contributed by atoms with Crippen molar-refractivity contribution in [3.05, 3.63) is 0 Å². The van der Waals surface area contributed by atoms with E-state index < -0.39 is 0 Å². The Labute approximate surface area is 95.0 Å². The molecular weight excluding hydrogens is 182 g/mol. The second-order valence-corrected chi connectivity index (χ2v) is 6.31. The van der Waals surface area contributed by atoms with Gasteiger partial charge in [-0.2, -0.15) is 0 Å². The van der Waals surface area contributed by atoms with Crippen LogP contribution in [0.15, 0.2) is 0 Å². The van der Waals surface area contributed by atoms with Crippen LogP contribution in [0, 0.1) is 29.6 Å². The highest BCUT2D eigenvalue weighted by molar-refractivity contribution is 4.90. The molecule has 0 saturated heterocycles. The van der Waals surface area contributed by atoms with Crippen molar-refractivity contribution in [2.75, 3.05) is 13.1 Å². The standard InChI is InChI=1S/C14H27N/c1-10(2)11(3)8-15-9-14-7-12-4-5-13(14)6-12/h10-15H,4-9H2,1-3H3. The summed E-state index contributed by atoms with van der Waals surface area (Å²) in [6, 6.07) is 0. The number of rotatable bonds is 5. The molecule has 1 heteroatoms. The zero-order valence-electron chi connectivity index (χ0n) is 10.6. The Morgan fingerprint density at radius 2 is 1.93 bits per heavy atom. The fourth-order valence-corrected chi connectivity index (χ4v) is 3.36. The summed E-state index contributed by atoms with van der Waals surface area (Å²) in [6.07, 6.45) is 6.13. The van der Waals surface area contributed by atoms with Gasteiger partial charge in [-0.3, -0.25) is 0 Å². The van der Waals surface area contributed by atoms with E-state index in [1.807, 2.05) is 0 Å². The van der Waals surface area contributed by atoms with Crippen molar-refractivity contribution in [1.82, 2.24) is 5.32 Å². The molecule has 2 bridgehead atoms. The molecule has 1 N–H and O–H groups in total. The molecule has 2 aliphatic carbocycles. The van der Waals surface area contributed by atoms with Crippen LogP contribution in [0.3, 0.4) is 0 Å². The zero-order valence-corrected chi connectivity index (χ0v) is 10.6. The van der Waals surface area contributed by atoms with Crippen molar-refractivity contribution >= 4 is 0 Å². The minimum Gasteiger partial charge on any atom is -0.316 e. The van der Waals surface area contributed by atoms with Crippen LogP contribution in [0.4, 0.5) is 0 Å². The van der Waals surface area contributed by atoms with Crippen LogP contribution in [0.25, 0.3) is 0 Å². The third kappa shape index (κ3) is 2.75. The topological polar surface area (TPSA) is 12.0 Å². The lowest BCUT2D eigenvalue weighted by Crippen LogP contribution is -2.31. The molecule has 0 spiro atoms. The second kappa shape index (κ2) is 4.86. The Morgan fingerprint density at radius 1 is 1.13 bits per heavy atom. The molecule has 4 unspecified atom stereocenters. The molecule has 15 heavy (non-hydrogen) atoms.